The van der Waals surface area contributed by atoms with Crippen LogP contribution >= 0.6 is 15.9 Å². The number of hydrogen-bond donors (Lipinski definition) is 1. The van der Waals surface area contributed by atoms with E-state index in [4.69, 9.17) is 29.8 Å². The van der Waals surface area contributed by atoms with E-state index in [9.17, 15) is 4.79 Å². The summed E-state index contributed by atoms with van der Waals surface area (Å²) in [6.07, 6.45) is -0.0786. The third-order valence-electron chi connectivity index (χ3n) is 6.20. The minimum absolute atomic E-state index is 0.0548. The summed E-state index contributed by atoms with van der Waals surface area (Å²) in [6.45, 7) is 0.548. The van der Waals surface area contributed by atoms with E-state index in [0.29, 0.717) is 29.9 Å². The molecule has 0 saturated carbocycles. The summed E-state index contributed by atoms with van der Waals surface area (Å²) < 4.78 is 18.3. The van der Waals surface area contributed by atoms with Gasteiger partial charge in [-0.05, 0) is 58.6 Å². The van der Waals surface area contributed by atoms with Crippen molar-refractivity contribution >= 4 is 27.8 Å². The Hall–Kier alpha value is -3.85. The second kappa shape index (κ2) is 12.6. The molecule has 1 heterocycles. The fourth-order valence-corrected chi connectivity index (χ4v) is 4.63. The molecule has 3 aromatic carbocycles. The number of nitrogens with zero attached hydrogens (tertiary/aromatic N) is 4. The average Bonchev–Trinajstić information content (AvgIpc) is 3.33. The lowest BCUT2D eigenvalue weighted by atomic mass is 9.81. The maximum atomic E-state index is 13.6. The molecule has 0 saturated heterocycles. The highest BCUT2D eigenvalue weighted by Gasteiger charge is 2.54. The van der Waals surface area contributed by atoms with Crippen LogP contribution < -0.4 is 4.74 Å². The van der Waals surface area contributed by atoms with Gasteiger partial charge in [-0.15, -0.1) is 0 Å². The topological polar surface area (TPSA) is 126 Å². The van der Waals surface area contributed by atoms with Gasteiger partial charge in [-0.3, -0.25) is 0 Å². The van der Waals surface area contributed by atoms with Gasteiger partial charge in [-0.25, -0.2) is 9.79 Å². The van der Waals surface area contributed by atoms with E-state index in [1.165, 1.54) is 7.11 Å². The highest BCUT2D eigenvalue weighted by atomic mass is 79.9. The minimum atomic E-state index is -1.43. The predicted molar refractivity (Wildman–Crippen MR) is 146 cm³/mol. The minimum Gasteiger partial charge on any atom is -0.494 e. The van der Waals surface area contributed by atoms with Crippen LogP contribution in [0.1, 0.15) is 34.8 Å². The van der Waals surface area contributed by atoms with Gasteiger partial charge < -0.3 is 19.3 Å². The first-order chi connectivity index (χ1) is 18.5. The lowest BCUT2D eigenvalue weighted by molar-refractivity contribution is -0.150. The molecular formula is C28H27BrN4O5. The molecule has 1 aliphatic heterocycles. The van der Waals surface area contributed by atoms with Crippen LogP contribution in [0.15, 0.2) is 87.4 Å². The standard InChI is InChI=1S/C28H27BrN4O5/c1-36-27(35)28(17-19-7-11-22(29)12-8-19)25(24-6-3-2-5-21(24)18-31-33-30)38-26(32-28)20-9-13-23(14-10-20)37-16-4-15-34/h2-3,5-14,25,34H,4,15-18H2,1H3/t25-,28-/m1/s1. The van der Waals surface area contributed by atoms with E-state index < -0.39 is 17.6 Å². The fraction of sp³-hybridized carbons (Fsp3) is 0.286. The van der Waals surface area contributed by atoms with Crippen LogP contribution in [0.2, 0.25) is 0 Å². The van der Waals surface area contributed by atoms with Crippen LogP contribution in [-0.2, 0) is 27.2 Å². The van der Waals surface area contributed by atoms with Crippen molar-refractivity contribution in [2.45, 2.75) is 31.0 Å². The Balaban J connectivity index is 1.79. The molecule has 9 nitrogen and oxygen atoms in total. The molecule has 10 heteroatoms. The Bertz CT molecular complexity index is 1340. The first-order valence-electron chi connectivity index (χ1n) is 12.0. The number of carbonyl (C=O) groups is 1. The van der Waals surface area contributed by atoms with Crippen LogP contribution in [0.3, 0.4) is 0 Å². The van der Waals surface area contributed by atoms with Crippen molar-refractivity contribution in [1.82, 2.24) is 0 Å². The summed E-state index contributed by atoms with van der Waals surface area (Å²) in [5.74, 6) is 0.395. The molecule has 196 valence electrons. The Morgan fingerprint density at radius 3 is 2.58 bits per heavy atom. The van der Waals surface area contributed by atoms with E-state index >= 15 is 0 Å². The molecule has 0 aliphatic carbocycles. The van der Waals surface area contributed by atoms with Gasteiger partial charge in [0.05, 0.1) is 20.3 Å². The summed E-state index contributed by atoms with van der Waals surface area (Å²) >= 11 is 3.46. The molecule has 38 heavy (non-hydrogen) atoms. The number of hydrogen-bond acceptors (Lipinski definition) is 7. The third kappa shape index (κ3) is 5.99. The number of azide groups is 1. The molecule has 0 bridgehead atoms. The monoisotopic (exact) mass is 578 g/mol. The molecule has 0 aromatic heterocycles. The first-order valence-corrected chi connectivity index (χ1v) is 12.8. The van der Waals surface area contributed by atoms with Crippen LogP contribution in [0.4, 0.5) is 0 Å². The summed E-state index contributed by atoms with van der Waals surface area (Å²) in [7, 11) is 1.33. The van der Waals surface area contributed by atoms with Gasteiger partial charge in [-0.1, -0.05) is 57.4 Å². The smallest absolute Gasteiger partial charge is 0.338 e. The van der Waals surface area contributed by atoms with Gasteiger partial charge in [0.25, 0.3) is 0 Å². The molecule has 0 unspecified atom stereocenters. The van der Waals surface area contributed by atoms with Crippen LogP contribution in [0, 0.1) is 0 Å². The normalized spacial score (nSPS) is 18.2. The van der Waals surface area contributed by atoms with E-state index in [1.54, 1.807) is 12.1 Å². The molecule has 0 fully saturated rings. The Kier molecular flexibility index (Phi) is 9.02. The summed E-state index contributed by atoms with van der Waals surface area (Å²) in [5, 5.41) is 12.7. The fourth-order valence-electron chi connectivity index (χ4n) is 4.37. The number of aliphatic imine (C=N–C) groups is 1. The summed E-state index contributed by atoms with van der Waals surface area (Å²) in [6, 6.07) is 22.2. The number of halogens is 1. The second-order valence-corrected chi connectivity index (χ2v) is 9.59. The summed E-state index contributed by atoms with van der Waals surface area (Å²) in [5.41, 5.74) is 10.4. The Morgan fingerprint density at radius 1 is 1.16 bits per heavy atom. The van der Waals surface area contributed by atoms with Crippen LogP contribution in [-0.4, -0.2) is 42.8 Å². The molecule has 3 aromatic rings. The quantitative estimate of drug-likeness (QED) is 0.103. The van der Waals surface area contributed by atoms with Gasteiger partial charge in [-0.2, -0.15) is 0 Å². The van der Waals surface area contributed by atoms with Gasteiger partial charge in [0.1, 0.15) is 5.75 Å². The van der Waals surface area contributed by atoms with Gasteiger partial charge in [0, 0.05) is 34.4 Å². The number of esters is 1. The number of rotatable bonds is 11. The van der Waals surface area contributed by atoms with Crippen LogP contribution in [0.5, 0.6) is 5.75 Å². The molecule has 1 N–H and O–H groups in total. The highest BCUT2D eigenvalue weighted by Crippen LogP contribution is 2.44. The third-order valence-corrected chi connectivity index (χ3v) is 6.73. The van der Waals surface area contributed by atoms with Gasteiger partial charge in [0.2, 0.25) is 11.4 Å². The zero-order chi connectivity index (χ0) is 27.0. The number of carbonyl (C=O) groups excluding carboxylic acids is 1. The second-order valence-electron chi connectivity index (χ2n) is 8.67. The summed E-state index contributed by atoms with van der Waals surface area (Å²) in [4.78, 5) is 21.3. The maximum Gasteiger partial charge on any atom is 0.338 e. The molecule has 4 rings (SSSR count). The molecule has 2 atom stereocenters. The number of aliphatic hydroxyl groups is 1. The number of ether oxygens (including phenoxy) is 3. The molecule has 0 spiro atoms. The van der Waals surface area contributed by atoms with Gasteiger partial charge in [0.15, 0.2) is 6.10 Å². The van der Waals surface area contributed by atoms with Crippen molar-refractivity contribution in [3.05, 3.63) is 110 Å². The largest absolute Gasteiger partial charge is 0.494 e. The van der Waals surface area contributed by atoms with Crippen molar-refractivity contribution in [1.29, 1.82) is 0 Å². The maximum absolute atomic E-state index is 13.6. The zero-order valence-corrected chi connectivity index (χ0v) is 22.4. The lowest BCUT2D eigenvalue weighted by Gasteiger charge is -2.30. The van der Waals surface area contributed by atoms with Crippen molar-refractivity contribution < 1.29 is 24.1 Å². The van der Waals surface area contributed by atoms with Gasteiger partial charge >= 0.3 is 5.97 Å². The van der Waals surface area contributed by atoms with E-state index in [2.05, 4.69) is 26.0 Å². The van der Waals surface area contributed by atoms with Crippen molar-refractivity contribution in [2.24, 2.45) is 10.1 Å². The predicted octanol–water partition coefficient (Wildman–Crippen LogP) is 5.69. The SMILES string of the molecule is COC(=O)[C@]1(Cc2ccc(Br)cc2)N=C(c2ccc(OCCCO)cc2)O[C@@H]1c1ccccc1CN=[N+]=[N-]. The molecular weight excluding hydrogens is 552 g/mol. The van der Waals surface area contributed by atoms with E-state index in [-0.39, 0.29) is 25.5 Å². The lowest BCUT2D eigenvalue weighted by Crippen LogP contribution is -2.44. The molecule has 0 amide bonds. The first kappa shape index (κ1) is 27.2. The molecule has 0 radical (unpaired) electrons. The zero-order valence-electron chi connectivity index (χ0n) is 20.8. The highest BCUT2D eigenvalue weighted by molar-refractivity contribution is 9.10. The Morgan fingerprint density at radius 2 is 1.89 bits per heavy atom. The molecule has 1 aliphatic rings. The number of benzene rings is 3. The number of methoxy groups -OCH3 is 1. The average molecular weight is 579 g/mol. The Labute approximate surface area is 228 Å². The van der Waals surface area contributed by atoms with Crippen molar-refractivity contribution in [3.63, 3.8) is 0 Å². The van der Waals surface area contributed by atoms with E-state index in [0.717, 1.165) is 15.6 Å². The van der Waals surface area contributed by atoms with Crippen LogP contribution in [0.25, 0.3) is 10.4 Å². The van der Waals surface area contributed by atoms with Crippen molar-refractivity contribution in [2.75, 3.05) is 20.3 Å². The number of aliphatic hydroxyl groups excluding tert-OH is 1. The van der Waals surface area contributed by atoms with Crippen molar-refractivity contribution in [3.8, 4) is 5.75 Å². The van der Waals surface area contributed by atoms with E-state index in [1.807, 2.05) is 60.7 Å².